The highest BCUT2D eigenvalue weighted by Gasteiger charge is 2.16. The zero-order valence-corrected chi connectivity index (χ0v) is 7.27. The molecule has 0 aliphatic carbocycles. The molecule has 6 nitrogen and oxygen atoms in total. The van der Waals surface area contributed by atoms with Gasteiger partial charge in [0.25, 0.3) is 0 Å². The lowest BCUT2D eigenvalue weighted by Crippen LogP contribution is -2.09. The summed E-state index contributed by atoms with van der Waals surface area (Å²) in [5.41, 5.74) is 0.512. The minimum atomic E-state index is -1.08. The van der Waals surface area contributed by atoms with Gasteiger partial charge in [0.2, 0.25) is 0 Å². The van der Waals surface area contributed by atoms with Crippen molar-refractivity contribution in [1.29, 1.82) is 0 Å². The van der Waals surface area contributed by atoms with Gasteiger partial charge in [0, 0.05) is 0 Å². The molecule has 0 aliphatic rings. The molecule has 1 aromatic rings. The molecule has 0 bridgehead atoms. The first-order valence-electron chi connectivity index (χ1n) is 3.97. The molecule has 72 valence electrons. The van der Waals surface area contributed by atoms with Crippen LogP contribution in [0.5, 0.6) is 0 Å². The van der Waals surface area contributed by atoms with Gasteiger partial charge in [-0.15, -0.1) is 5.10 Å². The van der Waals surface area contributed by atoms with E-state index in [-0.39, 0.29) is 18.8 Å². The summed E-state index contributed by atoms with van der Waals surface area (Å²) in [6, 6.07) is 0. The molecule has 0 radical (unpaired) electrons. The molecule has 0 spiro atoms. The van der Waals surface area contributed by atoms with Crippen LogP contribution in [0, 0.1) is 0 Å². The Morgan fingerprint density at radius 2 is 2.31 bits per heavy atom. The van der Waals surface area contributed by atoms with E-state index in [1.807, 2.05) is 6.92 Å². The first-order valence-corrected chi connectivity index (χ1v) is 3.97. The van der Waals surface area contributed by atoms with Crippen LogP contribution in [0.25, 0.3) is 0 Å². The van der Waals surface area contributed by atoms with Crippen molar-refractivity contribution < 1.29 is 15.0 Å². The third-order valence-electron chi connectivity index (χ3n) is 1.69. The Labute approximate surface area is 74.8 Å². The SMILES string of the molecule is CCc1c(C(=O)O)nnn1CCO. The van der Waals surface area contributed by atoms with Gasteiger partial charge in [0.1, 0.15) is 0 Å². The van der Waals surface area contributed by atoms with E-state index in [9.17, 15) is 4.79 Å². The Morgan fingerprint density at radius 3 is 2.77 bits per heavy atom. The van der Waals surface area contributed by atoms with Crippen molar-refractivity contribution in [3.63, 3.8) is 0 Å². The minimum Gasteiger partial charge on any atom is -0.476 e. The lowest BCUT2D eigenvalue weighted by atomic mass is 10.2. The monoisotopic (exact) mass is 185 g/mol. The number of carbonyl (C=O) groups is 1. The van der Waals surface area contributed by atoms with Crippen LogP contribution in [0.4, 0.5) is 0 Å². The summed E-state index contributed by atoms with van der Waals surface area (Å²) >= 11 is 0. The standard InChI is InChI=1S/C7H11N3O3/c1-2-5-6(7(12)13)8-9-10(5)3-4-11/h11H,2-4H2,1H3,(H,12,13). The average molecular weight is 185 g/mol. The van der Waals surface area contributed by atoms with Gasteiger partial charge in [-0.3, -0.25) is 0 Å². The van der Waals surface area contributed by atoms with E-state index >= 15 is 0 Å². The maximum absolute atomic E-state index is 10.6. The molecule has 0 atom stereocenters. The van der Waals surface area contributed by atoms with E-state index < -0.39 is 5.97 Å². The van der Waals surface area contributed by atoms with Crippen molar-refractivity contribution in [2.24, 2.45) is 0 Å². The summed E-state index contributed by atoms with van der Waals surface area (Å²) < 4.78 is 1.41. The molecule has 1 rings (SSSR count). The average Bonchev–Trinajstić information content (AvgIpc) is 2.48. The van der Waals surface area contributed by atoms with E-state index in [4.69, 9.17) is 10.2 Å². The van der Waals surface area contributed by atoms with Crippen LogP contribution >= 0.6 is 0 Å². The number of aromatic nitrogens is 3. The number of hydrogen-bond donors (Lipinski definition) is 2. The number of carboxylic acid groups (broad SMARTS) is 1. The summed E-state index contributed by atoms with van der Waals surface area (Å²) in [4.78, 5) is 10.6. The zero-order valence-electron chi connectivity index (χ0n) is 7.27. The van der Waals surface area contributed by atoms with Crippen LogP contribution in [0.2, 0.25) is 0 Å². The van der Waals surface area contributed by atoms with Gasteiger partial charge in [0.05, 0.1) is 18.8 Å². The van der Waals surface area contributed by atoms with Crippen LogP contribution in [0.1, 0.15) is 23.1 Å². The number of aliphatic hydroxyl groups is 1. The Bertz CT molecular complexity index is 308. The van der Waals surface area contributed by atoms with Crippen molar-refractivity contribution in [2.45, 2.75) is 19.9 Å². The summed E-state index contributed by atoms with van der Waals surface area (Å²) in [7, 11) is 0. The van der Waals surface area contributed by atoms with Crippen LogP contribution in [-0.4, -0.2) is 37.8 Å². The molecular weight excluding hydrogens is 174 g/mol. The van der Waals surface area contributed by atoms with E-state index in [0.717, 1.165) is 0 Å². The van der Waals surface area contributed by atoms with Gasteiger partial charge in [-0.1, -0.05) is 12.1 Å². The number of carboxylic acids is 1. The number of aliphatic hydroxyl groups excluding tert-OH is 1. The molecule has 0 saturated heterocycles. The lowest BCUT2D eigenvalue weighted by molar-refractivity contribution is 0.0689. The van der Waals surface area contributed by atoms with Crippen molar-refractivity contribution in [3.8, 4) is 0 Å². The zero-order chi connectivity index (χ0) is 9.84. The topological polar surface area (TPSA) is 88.2 Å². The number of hydrogen-bond acceptors (Lipinski definition) is 4. The number of aromatic carboxylic acids is 1. The molecule has 1 aromatic heterocycles. The van der Waals surface area contributed by atoms with E-state index in [0.29, 0.717) is 12.1 Å². The number of rotatable bonds is 4. The molecule has 0 aliphatic heterocycles. The van der Waals surface area contributed by atoms with Crippen LogP contribution in [-0.2, 0) is 13.0 Å². The second-order valence-electron chi connectivity index (χ2n) is 2.49. The van der Waals surface area contributed by atoms with E-state index in [2.05, 4.69) is 10.3 Å². The van der Waals surface area contributed by atoms with Crippen molar-refractivity contribution in [2.75, 3.05) is 6.61 Å². The molecule has 2 N–H and O–H groups in total. The Kier molecular flexibility index (Phi) is 2.97. The second kappa shape index (κ2) is 3.99. The summed E-state index contributed by atoms with van der Waals surface area (Å²) in [6.45, 7) is 2.03. The quantitative estimate of drug-likeness (QED) is 0.662. The van der Waals surface area contributed by atoms with Gasteiger partial charge in [-0.05, 0) is 6.42 Å². The summed E-state index contributed by atoms with van der Waals surface area (Å²) in [5, 5.41) is 24.5. The lowest BCUT2D eigenvalue weighted by Gasteiger charge is -2.01. The third kappa shape index (κ3) is 1.83. The molecule has 0 saturated carbocycles. The van der Waals surface area contributed by atoms with E-state index in [1.165, 1.54) is 4.68 Å². The fraction of sp³-hybridized carbons (Fsp3) is 0.571. The highest BCUT2D eigenvalue weighted by Crippen LogP contribution is 2.05. The summed E-state index contributed by atoms with van der Waals surface area (Å²) in [6.07, 6.45) is 0.536. The van der Waals surface area contributed by atoms with Gasteiger partial charge >= 0.3 is 5.97 Å². The molecule has 6 heteroatoms. The minimum absolute atomic E-state index is 0.0315. The fourth-order valence-corrected chi connectivity index (χ4v) is 1.12. The maximum Gasteiger partial charge on any atom is 0.358 e. The fourth-order valence-electron chi connectivity index (χ4n) is 1.12. The highest BCUT2D eigenvalue weighted by molar-refractivity contribution is 5.86. The number of nitrogens with zero attached hydrogens (tertiary/aromatic N) is 3. The van der Waals surface area contributed by atoms with Crippen molar-refractivity contribution in [3.05, 3.63) is 11.4 Å². The molecule has 0 fully saturated rings. The largest absolute Gasteiger partial charge is 0.476 e. The molecule has 0 amide bonds. The van der Waals surface area contributed by atoms with Gasteiger partial charge in [-0.25, -0.2) is 9.48 Å². The molecule has 1 heterocycles. The molecule has 0 unspecified atom stereocenters. The predicted octanol–water partition coefficient (Wildman–Crippen LogP) is -0.469. The smallest absolute Gasteiger partial charge is 0.358 e. The Balaban J connectivity index is 3.03. The third-order valence-corrected chi connectivity index (χ3v) is 1.69. The van der Waals surface area contributed by atoms with Crippen LogP contribution < -0.4 is 0 Å². The van der Waals surface area contributed by atoms with Crippen molar-refractivity contribution >= 4 is 5.97 Å². The van der Waals surface area contributed by atoms with Crippen LogP contribution in [0.3, 0.4) is 0 Å². The van der Waals surface area contributed by atoms with Gasteiger partial charge < -0.3 is 10.2 Å². The Morgan fingerprint density at radius 1 is 1.62 bits per heavy atom. The van der Waals surface area contributed by atoms with Gasteiger partial charge in [0.15, 0.2) is 5.69 Å². The normalized spacial score (nSPS) is 10.3. The van der Waals surface area contributed by atoms with Crippen molar-refractivity contribution in [1.82, 2.24) is 15.0 Å². The van der Waals surface area contributed by atoms with Crippen LogP contribution in [0.15, 0.2) is 0 Å². The maximum atomic E-state index is 10.6. The summed E-state index contributed by atoms with van der Waals surface area (Å²) in [5.74, 6) is -1.08. The highest BCUT2D eigenvalue weighted by atomic mass is 16.4. The first kappa shape index (κ1) is 9.66. The molecule has 0 aromatic carbocycles. The molecule has 13 heavy (non-hydrogen) atoms. The second-order valence-corrected chi connectivity index (χ2v) is 2.49. The van der Waals surface area contributed by atoms with E-state index in [1.54, 1.807) is 0 Å². The Hall–Kier alpha value is -1.43. The predicted molar refractivity (Wildman–Crippen MR) is 43.4 cm³/mol. The van der Waals surface area contributed by atoms with Gasteiger partial charge in [-0.2, -0.15) is 0 Å². The first-order chi connectivity index (χ1) is 6.20. The molecular formula is C7H11N3O3.